The number of ether oxygens (including phenoxy) is 1. The second-order valence-corrected chi connectivity index (χ2v) is 3.03. The Balaban J connectivity index is 3.00. The molecule has 5 heteroatoms. The van der Waals surface area contributed by atoms with Crippen LogP contribution in [0.2, 0.25) is 0 Å². The molecule has 0 fully saturated rings. The number of nitrogens with zero attached hydrogens (tertiary/aromatic N) is 1. The number of carbonyl (C=O) groups is 1. The Hall–Kier alpha value is -1.91. The molecule has 0 aliphatic heterocycles. The van der Waals surface area contributed by atoms with E-state index in [1.165, 1.54) is 12.1 Å². The van der Waals surface area contributed by atoms with Gasteiger partial charge in [-0.25, -0.2) is 0 Å². The van der Waals surface area contributed by atoms with Crippen LogP contribution in [-0.2, 0) is 4.79 Å². The van der Waals surface area contributed by atoms with Crippen molar-refractivity contribution in [2.24, 2.45) is 0 Å². The van der Waals surface area contributed by atoms with E-state index in [4.69, 9.17) is 4.74 Å². The fourth-order valence-corrected chi connectivity index (χ4v) is 1.01. The minimum Gasteiger partial charge on any atom is -0.426 e. The van der Waals surface area contributed by atoms with Crippen LogP contribution in [0.15, 0.2) is 18.2 Å². The molecule has 0 amide bonds. The Morgan fingerprint density at radius 2 is 2.20 bits per heavy atom. The number of rotatable bonds is 3. The summed E-state index contributed by atoms with van der Waals surface area (Å²) in [5, 5.41) is 10.5. The SMILES string of the molecule is CCC(=O)Oc1cc([N+](=O)[O-])ccc1C. The average Bonchev–Trinajstić information content (AvgIpc) is 2.20. The maximum Gasteiger partial charge on any atom is 0.310 e. The second-order valence-electron chi connectivity index (χ2n) is 3.03. The Morgan fingerprint density at radius 3 is 2.73 bits per heavy atom. The lowest BCUT2D eigenvalue weighted by atomic mass is 10.2. The minimum atomic E-state index is -0.525. The van der Waals surface area contributed by atoms with Crippen molar-refractivity contribution in [1.82, 2.24) is 0 Å². The number of non-ortho nitro benzene ring substituents is 1. The average molecular weight is 209 g/mol. The first-order valence-electron chi connectivity index (χ1n) is 4.50. The molecule has 0 N–H and O–H groups in total. The number of hydrogen-bond acceptors (Lipinski definition) is 4. The highest BCUT2D eigenvalue weighted by Crippen LogP contribution is 2.24. The standard InChI is InChI=1S/C10H11NO4/c1-3-10(12)15-9-6-8(11(13)14)5-4-7(9)2/h4-6H,3H2,1-2H3. The van der Waals surface area contributed by atoms with Gasteiger partial charge < -0.3 is 4.74 Å². The molecule has 0 radical (unpaired) electrons. The van der Waals surface area contributed by atoms with Crippen molar-refractivity contribution in [3.05, 3.63) is 33.9 Å². The van der Waals surface area contributed by atoms with Gasteiger partial charge in [-0.05, 0) is 18.6 Å². The Bertz CT molecular complexity index is 400. The van der Waals surface area contributed by atoms with Crippen LogP contribution in [0.1, 0.15) is 18.9 Å². The minimum absolute atomic E-state index is 0.0838. The maximum atomic E-state index is 11.0. The van der Waals surface area contributed by atoms with Gasteiger partial charge in [-0.1, -0.05) is 6.92 Å². The third-order valence-electron chi connectivity index (χ3n) is 1.90. The molecule has 0 heterocycles. The molecule has 0 unspecified atom stereocenters. The smallest absolute Gasteiger partial charge is 0.310 e. The number of esters is 1. The first kappa shape index (κ1) is 11.2. The summed E-state index contributed by atoms with van der Waals surface area (Å²) in [5.41, 5.74) is 0.613. The van der Waals surface area contributed by atoms with E-state index in [1.54, 1.807) is 19.9 Å². The van der Waals surface area contributed by atoms with Gasteiger partial charge in [-0.3, -0.25) is 14.9 Å². The molecule has 1 aromatic rings. The first-order valence-corrected chi connectivity index (χ1v) is 4.50. The molecular weight excluding hydrogens is 198 g/mol. The molecule has 15 heavy (non-hydrogen) atoms. The highest BCUT2D eigenvalue weighted by molar-refractivity contribution is 5.72. The van der Waals surface area contributed by atoms with Gasteiger partial charge in [0, 0.05) is 12.5 Å². The van der Waals surface area contributed by atoms with Crippen LogP contribution < -0.4 is 4.74 Å². The maximum absolute atomic E-state index is 11.0. The van der Waals surface area contributed by atoms with Crippen LogP contribution in [0.4, 0.5) is 5.69 Å². The molecule has 80 valence electrons. The fraction of sp³-hybridized carbons (Fsp3) is 0.300. The van der Waals surface area contributed by atoms with Crippen molar-refractivity contribution in [2.45, 2.75) is 20.3 Å². The Kier molecular flexibility index (Phi) is 3.38. The number of aryl methyl sites for hydroxylation is 1. The number of hydrogen-bond donors (Lipinski definition) is 0. The number of nitro benzene ring substituents is 1. The summed E-state index contributed by atoms with van der Waals surface area (Å²) < 4.78 is 4.94. The van der Waals surface area contributed by atoms with Gasteiger partial charge in [0.1, 0.15) is 5.75 Å². The molecule has 0 spiro atoms. The summed E-state index contributed by atoms with van der Waals surface area (Å²) in [6.07, 6.45) is 0.238. The van der Waals surface area contributed by atoms with Crippen LogP contribution in [0.5, 0.6) is 5.75 Å². The lowest BCUT2D eigenvalue weighted by Gasteiger charge is -2.05. The zero-order valence-electron chi connectivity index (χ0n) is 8.52. The van der Waals surface area contributed by atoms with E-state index >= 15 is 0 Å². The monoisotopic (exact) mass is 209 g/mol. The summed E-state index contributed by atoms with van der Waals surface area (Å²) in [6, 6.07) is 4.18. The zero-order valence-corrected chi connectivity index (χ0v) is 8.52. The van der Waals surface area contributed by atoms with E-state index in [0.717, 1.165) is 0 Å². The van der Waals surface area contributed by atoms with Crippen molar-refractivity contribution < 1.29 is 14.5 Å². The summed E-state index contributed by atoms with van der Waals surface area (Å²) in [5.74, 6) is -0.158. The molecule has 0 bridgehead atoms. The summed E-state index contributed by atoms with van der Waals surface area (Å²) in [6.45, 7) is 3.39. The van der Waals surface area contributed by atoms with Gasteiger partial charge >= 0.3 is 5.97 Å². The molecule has 0 saturated heterocycles. The van der Waals surface area contributed by atoms with Crippen LogP contribution in [0.3, 0.4) is 0 Å². The predicted molar refractivity (Wildman–Crippen MR) is 53.8 cm³/mol. The number of nitro groups is 1. The van der Waals surface area contributed by atoms with Crippen LogP contribution in [0.25, 0.3) is 0 Å². The van der Waals surface area contributed by atoms with Crippen LogP contribution >= 0.6 is 0 Å². The molecule has 1 aromatic carbocycles. The molecule has 0 aromatic heterocycles. The largest absolute Gasteiger partial charge is 0.426 e. The Labute approximate surface area is 86.8 Å². The number of carbonyl (C=O) groups excluding carboxylic acids is 1. The fourth-order valence-electron chi connectivity index (χ4n) is 1.01. The topological polar surface area (TPSA) is 69.4 Å². The summed E-state index contributed by atoms with van der Waals surface area (Å²) in [7, 11) is 0. The third kappa shape index (κ3) is 2.77. The number of benzene rings is 1. The molecule has 0 saturated carbocycles. The molecule has 5 nitrogen and oxygen atoms in total. The third-order valence-corrected chi connectivity index (χ3v) is 1.90. The van der Waals surface area contributed by atoms with E-state index in [1.807, 2.05) is 0 Å². The molecular formula is C10H11NO4. The van der Waals surface area contributed by atoms with Gasteiger partial charge in [0.15, 0.2) is 0 Å². The highest BCUT2D eigenvalue weighted by Gasteiger charge is 2.11. The molecule has 0 aliphatic rings. The first-order chi connectivity index (χ1) is 7.04. The van der Waals surface area contributed by atoms with Crippen LogP contribution in [0, 0.1) is 17.0 Å². The van der Waals surface area contributed by atoms with E-state index < -0.39 is 10.9 Å². The van der Waals surface area contributed by atoms with Crippen LogP contribution in [-0.4, -0.2) is 10.9 Å². The Morgan fingerprint density at radius 1 is 1.53 bits per heavy atom. The molecule has 1 rings (SSSR count). The van der Waals surface area contributed by atoms with Crippen molar-refractivity contribution in [1.29, 1.82) is 0 Å². The van der Waals surface area contributed by atoms with Crippen molar-refractivity contribution in [2.75, 3.05) is 0 Å². The quantitative estimate of drug-likeness (QED) is 0.331. The van der Waals surface area contributed by atoms with Crippen molar-refractivity contribution in [3.8, 4) is 5.75 Å². The lowest BCUT2D eigenvalue weighted by Crippen LogP contribution is -2.06. The lowest BCUT2D eigenvalue weighted by molar-refractivity contribution is -0.384. The van der Waals surface area contributed by atoms with E-state index in [0.29, 0.717) is 5.56 Å². The normalized spacial score (nSPS) is 9.73. The van der Waals surface area contributed by atoms with E-state index in [9.17, 15) is 14.9 Å². The van der Waals surface area contributed by atoms with Gasteiger partial charge in [0.05, 0.1) is 11.0 Å². The van der Waals surface area contributed by atoms with Gasteiger partial charge in [-0.2, -0.15) is 0 Å². The predicted octanol–water partition coefficient (Wildman–Crippen LogP) is 2.22. The van der Waals surface area contributed by atoms with E-state index in [-0.39, 0.29) is 17.9 Å². The zero-order chi connectivity index (χ0) is 11.4. The van der Waals surface area contributed by atoms with Crippen molar-refractivity contribution >= 4 is 11.7 Å². The van der Waals surface area contributed by atoms with Crippen molar-refractivity contribution in [3.63, 3.8) is 0 Å². The van der Waals surface area contributed by atoms with E-state index in [2.05, 4.69) is 0 Å². The highest BCUT2D eigenvalue weighted by atomic mass is 16.6. The summed E-state index contributed by atoms with van der Waals surface area (Å²) >= 11 is 0. The van der Waals surface area contributed by atoms with Gasteiger partial charge in [0.2, 0.25) is 0 Å². The van der Waals surface area contributed by atoms with Gasteiger partial charge in [0.25, 0.3) is 5.69 Å². The summed E-state index contributed by atoms with van der Waals surface area (Å²) in [4.78, 5) is 21.0. The molecule has 0 aliphatic carbocycles. The molecule has 0 atom stereocenters. The van der Waals surface area contributed by atoms with Gasteiger partial charge in [-0.15, -0.1) is 0 Å². The second kappa shape index (κ2) is 4.54.